The van der Waals surface area contributed by atoms with E-state index in [1.165, 1.54) is 0 Å². The van der Waals surface area contributed by atoms with Crippen molar-refractivity contribution in [2.75, 3.05) is 17.6 Å². The lowest BCUT2D eigenvalue weighted by molar-refractivity contribution is 0.324. The van der Waals surface area contributed by atoms with Crippen molar-refractivity contribution in [3.63, 3.8) is 0 Å². The zero-order valence-corrected chi connectivity index (χ0v) is 18.0. The molecule has 0 radical (unpaired) electrons. The van der Waals surface area contributed by atoms with Crippen LogP contribution < -0.4 is 10.0 Å². The fraction of sp³-hybridized carbons (Fsp3) is 0.474. The number of hydrogen-bond acceptors (Lipinski definition) is 5. The summed E-state index contributed by atoms with van der Waals surface area (Å²) in [5.74, 6) is 1.34. The van der Waals surface area contributed by atoms with Gasteiger partial charge in [-0.25, -0.2) is 13.1 Å². The maximum atomic E-state index is 11.7. The average Bonchev–Trinajstić information content (AvgIpc) is 2.67. The van der Waals surface area contributed by atoms with Gasteiger partial charge in [-0.05, 0) is 68.9 Å². The second kappa shape index (κ2) is 9.39. The van der Waals surface area contributed by atoms with Crippen LogP contribution in [0, 0.1) is 5.92 Å². The summed E-state index contributed by atoms with van der Waals surface area (Å²) in [6.07, 6.45) is 3.70. The highest BCUT2D eigenvalue weighted by Crippen LogP contribution is 2.27. The standard InChI is InChI=1S/C19H24Cl2N4O2S/c1-2-28(26,27)25-17-5-3-13(4-6-17)12-22-19-8-7-18(23-24-19)14-9-15(20)11-16(21)10-14/h7-11,13,17,25H,2-6,12H2,1H3,(H,22,24). The summed E-state index contributed by atoms with van der Waals surface area (Å²) in [6, 6.07) is 9.11. The predicted molar refractivity (Wildman–Crippen MR) is 114 cm³/mol. The summed E-state index contributed by atoms with van der Waals surface area (Å²) in [6.45, 7) is 2.45. The molecule has 1 aliphatic rings. The fourth-order valence-corrected chi connectivity index (χ4v) is 4.79. The van der Waals surface area contributed by atoms with Gasteiger partial charge in [0.25, 0.3) is 0 Å². The van der Waals surface area contributed by atoms with E-state index < -0.39 is 10.0 Å². The Balaban J connectivity index is 1.49. The minimum atomic E-state index is -3.12. The SMILES string of the molecule is CCS(=O)(=O)NC1CCC(CNc2ccc(-c3cc(Cl)cc(Cl)c3)nn2)CC1. The van der Waals surface area contributed by atoms with Gasteiger partial charge < -0.3 is 5.32 Å². The Bertz CT molecular complexity index is 878. The van der Waals surface area contributed by atoms with Crippen molar-refractivity contribution in [3.8, 4) is 11.3 Å². The quantitative estimate of drug-likeness (QED) is 0.664. The Morgan fingerprint density at radius 2 is 1.71 bits per heavy atom. The molecule has 1 saturated carbocycles. The summed E-state index contributed by atoms with van der Waals surface area (Å²) in [7, 11) is -3.12. The van der Waals surface area contributed by atoms with Gasteiger partial charge in [-0.3, -0.25) is 0 Å². The molecule has 0 spiro atoms. The molecule has 1 fully saturated rings. The van der Waals surface area contributed by atoms with Crippen molar-refractivity contribution < 1.29 is 8.42 Å². The Kier molecular flexibility index (Phi) is 7.15. The molecule has 0 unspecified atom stereocenters. The highest BCUT2D eigenvalue weighted by atomic mass is 35.5. The van der Waals surface area contributed by atoms with Crippen LogP contribution in [0.15, 0.2) is 30.3 Å². The maximum absolute atomic E-state index is 11.7. The van der Waals surface area contributed by atoms with Crippen LogP contribution in [0.5, 0.6) is 0 Å². The van der Waals surface area contributed by atoms with Gasteiger partial charge in [0, 0.05) is 28.2 Å². The van der Waals surface area contributed by atoms with E-state index in [-0.39, 0.29) is 11.8 Å². The van der Waals surface area contributed by atoms with Gasteiger partial charge in [0.1, 0.15) is 5.82 Å². The zero-order chi connectivity index (χ0) is 20.1. The number of nitrogens with zero attached hydrogens (tertiary/aromatic N) is 2. The van der Waals surface area contributed by atoms with Crippen LogP contribution in [0.1, 0.15) is 32.6 Å². The monoisotopic (exact) mass is 442 g/mol. The van der Waals surface area contributed by atoms with E-state index in [0.29, 0.717) is 27.5 Å². The van der Waals surface area contributed by atoms with Crippen LogP contribution in [-0.4, -0.2) is 37.0 Å². The third-order valence-electron chi connectivity index (χ3n) is 4.97. The maximum Gasteiger partial charge on any atom is 0.211 e. The highest BCUT2D eigenvalue weighted by Gasteiger charge is 2.24. The van der Waals surface area contributed by atoms with Crippen molar-refractivity contribution in [2.24, 2.45) is 5.92 Å². The van der Waals surface area contributed by atoms with Crippen molar-refractivity contribution >= 4 is 39.0 Å². The van der Waals surface area contributed by atoms with Gasteiger partial charge in [0.15, 0.2) is 0 Å². The second-order valence-electron chi connectivity index (χ2n) is 7.08. The lowest BCUT2D eigenvalue weighted by atomic mass is 9.86. The van der Waals surface area contributed by atoms with Crippen molar-refractivity contribution in [1.29, 1.82) is 0 Å². The van der Waals surface area contributed by atoms with E-state index in [9.17, 15) is 8.42 Å². The molecule has 1 aliphatic carbocycles. The third-order valence-corrected chi connectivity index (χ3v) is 6.86. The van der Waals surface area contributed by atoms with Gasteiger partial charge in [-0.2, -0.15) is 0 Å². The van der Waals surface area contributed by atoms with Crippen LogP contribution in [0.25, 0.3) is 11.3 Å². The molecular weight excluding hydrogens is 419 g/mol. The van der Waals surface area contributed by atoms with E-state index >= 15 is 0 Å². The van der Waals surface area contributed by atoms with Crippen LogP contribution in [0.2, 0.25) is 10.0 Å². The summed E-state index contributed by atoms with van der Waals surface area (Å²) in [5, 5.41) is 12.9. The molecule has 0 amide bonds. The van der Waals surface area contributed by atoms with Crippen molar-refractivity contribution in [2.45, 2.75) is 38.6 Å². The lowest BCUT2D eigenvalue weighted by Gasteiger charge is -2.29. The van der Waals surface area contributed by atoms with Gasteiger partial charge in [-0.15, -0.1) is 10.2 Å². The molecular formula is C19H24Cl2N4O2S. The number of halogens is 2. The smallest absolute Gasteiger partial charge is 0.211 e. The molecule has 9 heteroatoms. The van der Waals surface area contributed by atoms with E-state index in [2.05, 4.69) is 20.2 Å². The molecule has 28 heavy (non-hydrogen) atoms. The number of nitrogens with one attached hydrogen (secondary N) is 2. The number of sulfonamides is 1. The summed E-state index contributed by atoms with van der Waals surface area (Å²) in [5.41, 5.74) is 1.53. The van der Waals surface area contributed by atoms with Gasteiger partial charge >= 0.3 is 0 Å². The largest absolute Gasteiger partial charge is 0.368 e. The van der Waals surface area contributed by atoms with Crippen molar-refractivity contribution in [3.05, 3.63) is 40.4 Å². The minimum Gasteiger partial charge on any atom is -0.368 e. The minimum absolute atomic E-state index is 0.0600. The number of benzene rings is 1. The topological polar surface area (TPSA) is 84.0 Å². The predicted octanol–water partition coefficient (Wildman–Crippen LogP) is 4.36. The number of hydrogen-bond donors (Lipinski definition) is 2. The molecule has 0 saturated heterocycles. The lowest BCUT2D eigenvalue weighted by Crippen LogP contribution is -2.39. The fourth-order valence-electron chi connectivity index (χ4n) is 3.35. The Labute approximate surface area is 176 Å². The van der Waals surface area contributed by atoms with Crippen LogP contribution in [0.3, 0.4) is 0 Å². The normalized spacial score (nSPS) is 20.1. The Morgan fingerprint density at radius 3 is 2.29 bits per heavy atom. The second-order valence-corrected chi connectivity index (χ2v) is 10.00. The van der Waals surface area contributed by atoms with Crippen LogP contribution in [-0.2, 0) is 10.0 Å². The van der Waals surface area contributed by atoms with E-state index in [1.807, 2.05) is 12.1 Å². The number of rotatable bonds is 7. The Hall–Kier alpha value is -1.41. The molecule has 1 aromatic heterocycles. The summed E-state index contributed by atoms with van der Waals surface area (Å²) < 4.78 is 26.1. The van der Waals surface area contributed by atoms with E-state index in [0.717, 1.165) is 37.8 Å². The molecule has 2 N–H and O–H groups in total. The number of aromatic nitrogens is 2. The molecule has 3 rings (SSSR count). The molecule has 152 valence electrons. The van der Waals surface area contributed by atoms with Crippen molar-refractivity contribution in [1.82, 2.24) is 14.9 Å². The molecule has 0 aliphatic heterocycles. The highest BCUT2D eigenvalue weighted by molar-refractivity contribution is 7.89. The first kappa shape index (κ1) is 21.3. The first-order valence-electron chi connectivity index (χ1n) is 9.38. The van der Waals surface area contributed by atoms with Crippen LogP contribution >= 0.6 is 23.2 Å². The van der Waals surface area contributed by atoms with Gasteiger partial charge in [-0.1, -0.05) is 23.2 Å². The van der Waals surface area contributed by atoms with Crippen LogP contribution in [0.4, 0.5) is 5.82 Å². The molecule has 1 heterocycles. The van der Waals surface area contributed by atoms with Gasteiger partial charge in [0.2, 0.25) is 10.0 Å². The molecule has 1 aromatic carbocycles. The number of anilines is 1. The molecule has 6 nitrogen and oxygen atoms in total. The summed E-state index contributed by atoms with van der Waals surface area (Å²) >= 11 is 12.1. The summed E-state index contributed by atoms with van der Waals surface area (Å²) in [4.78, 5) is 0. The third kappa shape index (κ3) is 6.04. The first-order chi connectivity index (χ1) is 13.3. The molecule has 0 bridgehead atoms. The Morgan fingerprint density at radius 1 is 1.04 bits per heavy atom. The van der Waals surface area contributed by atoms with E-state index in [1.54, 1.807) is 25.1 Å². The first-order valence-corrected chi connectivity index (χ1v) is 11.8. The molecule has 2 aromatic rings. The van der Waals surface area contributed by atoms with Gasteiger partial charge in [0.05, 0.1) is 11.4 Å². The van der Waals surface area contributed by atoms with E-state index in [4.69, 9.17) is 23.2 Å². The molecule has 0 atom stereocenters. The average molecular weight is 443 g/mol. The zero-order valence-electron chi connectivity index (χ0n) is 15.7.